The van der Waals surface area contributed by atoms with E-state index in [1.165, 1.54) is 6.08 Å². The topological polar surface area (TPSA) is 50.1 Å². The summed E-state index contributed by atoms with van der Waals surface area (Å²) in [7, 11) is 1.56. The van der Waals surface area contributed by atoms with Gasteiger partial charge in [0.1, 0.15) is 17.4 Å². The third-order valence-corrected chi connectivity index (χ3v) is 3.61. The van der Waals surface area contributed by atoms with Gasteiger partial charge in [-0.2, -0.15) is 5.26 Å². The average Bonchev–Trinajstić information content (AvgIpc) is 2.52. The molecule has 0 aliphatic heterocycles. The second kappa shape index (κ2) is 7.13. The zero-order valence-corrected chi connectivity index (χ0v) is 13.2. The van der Waals surface area contributed by atoms with Crippen molar-refractivity contribution in [1.29, 1.82) is 5.26 Å². The zero-order chi connectivity index (χ0) is 16.1. The smallest absolute Gasteiger partial charge is 0.206 e. The number of carbonyl (C=O) groups excluding carboxylic acids is 1. The molecule has 0 spiro atoms. The van der Waals surface area contributed by atoms with Gasteiger partial charge in [0.25, 0.3) is 0 Å². The van der Waals surface area contributed by atoms with Crippen LogP contribution in [0.4, 0.5) is 0 Å². The SMILES string of the molecule is COc1ccc(/C=C(\C#N)C(=O)c2c(Cl)cccc2Cl)cc1. The highest BCUT2D eigenvalue weighted by Crippen LogP contribution is 2.27. The highest BCUT2D eigenvalue weighted by molar-refractivity contribution is 6.41. The van der Waals surface area contributed by atoms with E-state index in [4.69, 9.17) is 27.9 Å². The molecule has 2 aromatic rings. The number of carbonyl (C=O) groups is 1. The molecule has 0 aromatic heterocycles. The van der Waals surface area contributed by atoms with Crippen LogP contribution in [0.1, 0.15) is 15.9 Å². The van der Waals surface area contributed by atoms with Crippen LogP contribution in [0.25, 0.3) is 6.08 Å². The maximum absolute atomic E-state index is 12.5. The lowest BCUT2D eigenvalue weighted by atomic mass is 10.0. The van der Waals surface area contributed by atoms with Crippen LogP contribution in [-0.4, -0.2) is 12.9 Å². The Hall–Kier alpha value is -2.28. The molecule has 2 aromatic carbocycles. The van der Waals surface area contributed by atoms with Crippen molar-refractivity contribution in [2.24, 2.45) is 0 Å². The van der Waals surface area contributed by atoms with E-state index in [1.54, 1.807) is 49.6 Å². The van der Waals surface area contributed by atoms with Gasteiger partial charge in [0.2, 0.25) is 5.78 Å². The Labute approximate surface area is 138 Å². The normalized spacial score (nSPS) is 10.9. The Bertz CT molecular complexity index is 754. The molecule has 0 saturated heterocycles. The Balaban J connectivity index is 2.41. The third-order valence-electron chi connectivity index (χ3n) is 2.98. The second-order valence-electron chi connectivity index (χ2n) is 4.37. The molecular formula is C17H11Cl2NO2. The van der Waals surface area contributed by atoms with Gasteiger partial charge in [-0.1, -0.05) is 41.4 Å². The van der Waals surface area contributed by atoms with Crippen LogP contribution in [0.3, 0.4) is 0 Å². The van der Waals surface area contributed by atoms with E-state index in [2.05, 4.69) is 0 Å². The molecule has 22 heavy (non-hydrogen) atoms. The van der Waals surface area contributed by atoms with Gasteiger partial charge in [-0.15, -0.1) is 0 Å². The highest BCUT2D eigenvalue weighted by Gasteiger charge is 2.18. The van der Waals surface area contributed by atoms with Crippen molar-refractivity contribution < 1.29 is 9.53 Å². The lowest BCUT2D eigenvalue weighted by molar-refractivity contribution is 0.104. The van der Waals surface area contributed by atoms with E-state index in [9.17, 15) is 10.1 Å². The molecule has 110 valence electrons. The molecule has 0 saturated carbocycles. The summed E-state index contributed by atoms with van der Waals surface area (Å²) >= 11 is 12.0. The number of benzene rings is 2. The monoisotopic (exact) mass is 331 g/mol. The zero-order valence-electron chi connectivity index (χ0n) is 11.6. The van der Waals surface area contributed by atoms with Gasteiger partial charge in [0.05, 0.1) is 22.7 Å². The van der Waals surface area contributed by atoms with Crippen molar-refractivity contribution in [3.8, 4) is 11.8 Å². The van der Waals surface area contributed by atoms with Crippen molar-refractivity contribution in [3.05, 3.63) is 69.2 Å². The lowest BCUT2D eigenvalue weighted by Crippen LogP contribution is -2.04. The largest absolute Gasteiger partial charge is 0.497 e. The first-order valence-corrected chi connectivity index (χ1v) is 7.07. The number of hydrogen-bond acceptors (Lipinski definition) is 3. The average molecular weight is 332 g/mol. The maximum atomic E-state index is 12.5. The minimum Gasteiger partial charge on any atom is -0.497 e. The first-order chi connectivity index (χ1) is 10.6. The third kappa shape index (κ3) is 3.48. The number of hydrogen-bond donors (Lipinski definition) is 0. The number of ether oxygens (including phenoxy) is 1. The minimum absolute atomic E-state index is 0.0415. The van der Waals surface area contributed by atoms with Crippen molar-refractivity contribution >= 4 is 35.1 Å². The summed E-state index contributed by atoms with van der Waals surface area (Å²) in [6.45, 7) is 0. The van der Waals surface area contributed by atoms with E-state index in [0.29, 0.717) is 11.3 Å². The van der Waals surface area contributed by atoms with Gasteiger partial charge in [0, 0.05) is 0 Å². The summed E-state index contributed by atoms with van der Waals surface area (Å²) in [6, 6.07) is 13.6. The van der Waals surface area contributed by atoms with E-state index in [1.807, 2.05) is 6.07 Å². The van der Waals surface area contributed by atoms with Crippen LogP contribution >= 0.6 is 23.2 Å². The molecule has 0 aliphatic carbocycles. The standard InChI is InChI=1S/C17H11Cl2NO2/c1-22-13-7-5-11(6-8-13)9-12(10-20)17(21)16-14(18)3-2-4-15(16)19/h2-9H,1H3/b12-9+. The molecule has 0 aliphatic rings. The Morgan fingerprint density at radius 3 is 2.23 bits per heavy atom. The fraction of sp³-hybridized carbons (Fsp3) is 0.0588. The molecule has 0 N–H and O–H groups in total. The van der Waals surface area contributed by atoms with Gasteiger partial charge >= 0.3 is 0 Å². The van der Waals surface area contributed by atoms with Crippen LogP contribution in [0, 0.1) is 11.3 Å². The van der Waals surface area contributed by atoms with Crippen molar-refractivity contribution in [3.63, 3.8) is 0 Å². The van der Waals surface area contributed by atoms with Crippen LogP contribution in [-0.2, 0) is 0 Å². The molecular weight excluding hydrogens is 321 g/mol. The van der Waals surface area contributed by atoms with E-state index >= 15 is 0 Å². The lowest BCUT2D eigenvalue weighted by Gasteiger charge is -2.05. The molecule has 3 nitrogen and oxygen atoms in total. The summed E-state index contributed by atoms with van der Waals surface area (Å²) < 4.78 is 5.06. The predicted molar refractivity (Wildman–Crippen MR) is 87.4 cm³/mol. The van der Waals surface area contributed by atoms with Crippen LogP contribution in [0.5, 0.6) is 5.75 Å². The van der Waals surface area contributed by atoms with Crippen molar-refractivity contribution in [2.75, 3.05) is 7.11 Å². The Morgan fingerprint density at radius 1 is 1.14 bits per heavy atom. The highest BCUT2D eigenvalue weighted by atomic mass is 35.5. The number of Topliss-reactive ketones (excluding diaryl/α,β-unsaturated/α-hetero) is 1. The fourth-order valence-electron chi connectivity index (χ4n) is 1.86. The molecule has 0 heterocycles. The maximum Gasteiger partial charge on any atom is 0.206 e. The summed E-state index contributed by atoms with van der Waals surface area (Å²) in [6.07, 6.45) is 1.49. The summed E-state index contributed by atoms with van der Waals surface area (Å²) in [5.41, 5.74) is 0.793. The molecule has 0 bridgehead atoms. The first kappa shape index (κ1) is 16.1. The van der Waals surface area contributed by atoms with Crippen molar-refractivity contribution in [1.82, 2.24) is 0 Å². The Kier molecular flexibility index (Phi) is 5.21. The predicted octanol–water partition coefficient (Wildman–Crippen LogP) is 4.79. The van der Waals surface area contributed by atoms with Gasteiger partial charge in [0.15, 0.2) is 0 Å². The number of nitriles is 1. The van der Waals surface area contributed by atoms with Crippen LogP contribution in [0.2, 0.25) is 10.0 Å². The molecule has 0 unspecified atom stereocenters. The number of nitrogens with zero attached hydrogens (tertiary/aromatic N) is 1. The first-order valence-electron chi connectivity index (χ1n) is 6.31. The van der Waals surface area contributed by atoms with E-state index < -0.39 is 5.78 Å². The van der Waals surface area contributed by atoms with Gasteiger partial charge in [-0.25, -0.2) is 0 Å². The van der Waals surface area contributed by atoms with Gasteiger partial charge in [-0.3, -0.25) is 4.79 Å². The molecule has 0 fully saturated rings. The summed E-state index contributed by atoms with van der Waals surface area (Å²) in [5, 5.41) is 9.68. The molecule has 0 radical (unpaired) electrons. The number of methoxy groups -OCH3 is 1. The van der Waals surface area contributed by atoms with Crippen LogP contribution < -0.4 is 4.74 Å². The quantitative estimate of drug-likeness (QED) is 0.459. The van der Waals surface area contributed by atoms with Gasteiger partial charge in [-0.05, 0) is 35.9 Å². The minimum atomic E-state index is -0.506. The summed E-state index contributed by atoms with van der Waals surface area (Å²) in [5.74, 6) is 0.185. The van der Waals surface area contributed by atoms with Crippen molar-refractivity contribution in [2.45, 2.75) is 0 Å². The fourth-order valence-corrected chi connectivity index (χ4v) is 2.43. The van der Waals surface area contributed by atoms with Gasteiger partial charge < -0.3 is 4.74 Å². The number of allylic oxidation sites excluding steroid dienone is 1. The van der Waals surface area contributed by atoms with Crippen LogP contribution in [0.15, 0.2) is 48.0 Å². The molecule has 2 rings (SSSR count). The number of halogens is 2. The molecule has 5 heteroatoms. The molecule has 0 amide bonds. The number of rotatable bonds is 4. The Morgan fingerprint density at radius 2 is 1.73 bits per heavy atom. The second-order valence-corrected chi connectivity index (χ2v) is 5.18. The number of ketones is 1. The van der Waals surface area contributed by atoms with E-state index in [-0.39, 0.29) is 21.2 Å². The molecule has 0 atom stereocenters. The summed E-state index contributed by atoms with van der Waals surface area (Å²) in [4.78, 5) is 12.5. The van der Waals surface area contributed by atoms with E-state index in [0.717, 1.165) is 0 Å².